The van der Waals surface area contributed by atoms with Gasteiger partial charge >= 0.3 is 0 Å². The SMILES string of the molecule is COc1ccc(C=C(C#N)C(=O)N2CCCc3ccccc32)cc1. The quantitative estimate of drug-likeness (QED) is 0.642. The number of methoxy groups -OCH3 is 1. The van der Waals surface area contributed by atoms with Gasteiger partial charge in [0.25, 0.3) is 5.91 Å². The van der Waals surface area contributed by atoms with Gasteiger partial charge in [-0.3, -0.25) is 4.79 Å². The van der Waals surface area contributed by atoms with Crippen molar-refractivity contribution in [3.8, 4) is 11.8 Å². The second kappa shape index (κ2) is 7.01. The van der Waals surface area contributed by atoms with Crippen molar-refractivity contribution in [3.05, 3.63) is 65.2 Å². The van der Waals surface area contributed by atoms with Crippen LogP contribution in [0.25, 0.3) is 6.08 Å². The van der Waals surface area contributed by atoms with Crippen molar-refractivity contribution in [2.75, 3.05) is 18.6 Å². The smallest absolute Gasteiger partial charge is 0.268 e. The zero-order valence-corrected chi connectivity index (χ0v) is 13.5. The normalized spacial score (nSPS) is 13.8. The molecule has 4 nitrogen and oxygen atoms in total. The minimum Gasteiger partial charge on any atom is -0.497 e. The van der Waals surface area contributed by atoms with E-state index < -0.39 is 0 Å². The van der Waals surface area contributed by atoms with Crippen molar-refractivity contribution in [1.29, 1.82) is 5.26 Å². The van der Waals surface area contributed by atoms with Crippen LogP contribution in [0, 0.1) is 11.3 Å². The summed E-state index contributed by atoms with van der Waals surface area (Å²) in [6.07, 6.45) is 3.49. The number of amides is 1. The minimum absolute atomic E-state index is 0.136. The molecule has 4 heteroatoms. The first-order valence-electron chi connectivity index (χ1n) is 7.88. The number of benzene rings is 2. The molecule has 0 atom stereocenters. The molecular formula is C20H18N2O2. The van der Waals surface area contributed by atoms with E-state index in [2.05, 4.69) is 0 Å². The highest BCUT2D eigenvalue weighted by molar-refractivity contribution is 6.11. The van der Waals surface area contributed by atoms with Crippen molar-refractivity contribution in [2.45, 2.75) is 12.8 Å². The van der Waals surface area contributed by atoms with E-state index >= 15 is 0 Å². The van der Waals surface area contributed by atoms with Crippen LogP contribution in [0.4, 0.5) is 5.69 Å². The molecule has 120 valence electrons. The second-order valence-electron chi connectivity index (χ2n) is 5.63. The Morgan fingerprint density at radius 3 is 2.67 bits per heavy atom. The van der Waals surface area contributed by atoms with Crippen LogP contribution in [0.5, 0.6) is 5.75 Å². The van der Waals surface area contributed by atoms with Crippen LogP contribution in [0.3, 0.4) is 0 Å². The van der Waals surface area contributed by atoms with Gasteiger partial charge in [0.05, 0.1) is 7.11 Å². The number of carbonyl (C=O) groups excluding carboxylic acids is 1. The van der Waals surface area contributed by atoms with Crippen LogP contribution >= 0.6 is 0 Å². The van der Waals surface area contributed by atoms with Gasteiger partial charge in [0.2, 0.25) is 0 Å². The molecule has 3 rings (SSSR count). The zero-order valence-electron chi connectivity index (χ0n) is 13.5. The van der Waals surface area contributed by atoms with Gasteiger partial charge in [0.15, 0.2) is 0 Å². The molecule has 0 bridgehead atoms. The van der Waals surface area contributed by atoms with Gasteiger partial charge < -0.3 is 9.64 Å². The Labute approximate surface area is 141 Å². The Morgan fingerprint density at radius 2 is 1.96 bits per heavy atom. The number of nitriles is 1. The summed E-state index contributed by atoms with van der Waals surface area (Å²) in [5, 5.41) is 9.45. The summed E-state index contributed by atoms with van der Waals surface area (Å²) in [6, 6.07) is 17.2. The van der Waals surface area contributed by atoms with Crippen molar-refractivity contribution in [1.82, 2.24) is 0 Å². The molecule has 0 fully saturated rings. The summed E-state index contributed by atoms with van der Waals surface area (Å²) >= 11 is 0. The Hall–Kier alpha value is -3.06. The summed E-state index contributed by atoms with van der Waals surface area (Å²) in [6.45, 7) is 0.636. The largest absolute Gasteiger partial charge is 0.497 e. The zero-order chi connectivity index (χ0) is 16.9. The molecule has 0 unspecified atom stereocenters. The van der Waals surface area contributed by atoms with Gasteiger partial charge in [-0.25, -0.2) is 0 Å². The van der Waals surface area contributed by atoms with Crippen molar-refractivity contribution in [2.24, 2.45) is 0 Å². The fourth-order valence-corrected chi connectivity index (χ4v) is 2.90. The standard InChI is InChI=1S/C20H18N2O2/c1-24-18-10-8-15(9-11-18)13-17(14-21)20(23)22-12-4-6-16-5-2-3-7-19(16)22/h2-3,5,7-11,13H,4,6,12H2,1H3. The van der Waals surface area contributed by atoms with Gasteiger partial charge in [0, 0.05) is 12.2 Å². The first kappa shape index (κ1) is 15.8. The van der Waals surface area contributed by atoms with E-state index in [1.54, 1.807) is 18.1 Å². The highest BCUT2D eigenvalue weighted by Crippen LogP contribution is 2.28. The number of rotatable bonds is 3. The molecule has 2 aromatic rings. The third-order valence-electron chi connectivity index (χ3n) is 4.13. The van der Waals surface area contributed by atoms with E-state index in [0.29, 0.717) is 6.54 Å². The van der Waals surface area contributed by atoms with Crippen molar-refractivity contribution in [3.63, 3.8) is 0 Å². The Bertz CT molecular complexity index is 816. The van der Waals surface area contributed by atoms with Crippen LogP contribution in [-0.4, -0.2) is 19.6 Å². The molecule has 2 aromatic carbocycles. The highest BCUT2D eigenvalue weighted by atomic mass is 16.5. The third kappa shape index (κ3) is 3.16. The van der Waals surface area contributed by atoms with E-state index in [1.807, 2.05) is 54.6 Å². The van der Waals surface area contributed by atoms with E-state index in [4.69, 9.17) is 4.74 Å². The molecule has 0 radical (unpaired) electrons. The summed E-state index contributed by atoms with van der Waals surface area (Å²) < 4.78 is 5.12. The van der Waals surface area contributed by atoms with Crippen LogP contribution in [0.15, 0.2) is 54.1 Å². The average Bonchev–Trinajstić information content (AvgIpc) is 2.65. The fraction of sp³-hybridized carbons (Fsp3) is 0.200. The number of nitrogens with zero attached hydrogens (tertiary/aromatic N) is 2. The molecule has 1 heterocycles. The number of hydrogen-bond donors (Lipinski definition) is 0. The van der Waals surface area contributed by atoms with Gasteiger partial charge in [-0.2, -0.15) is 5.26 Å². The third-order valence-corrected chi connectivity index (χ3v) is 4.13. The number of carbonyl (C=O) groups is 1. The lowest BCUT2D eigenvalue weighted by atomic mass is 10.0. The number of fused-ring (bicyclic) bond motifs is 1. The molecule has 0 aromatic heterocycles. The van der Waals surface area contributed by atoms with E-state index in [0.717, 1.165) is 35.4 Å². The Kier molecular flexibility index (Phi) is 4.62. The number of anilines is 1. The number of aryl methyl sites for hydroxylation is 1. The molecule has 0 aliphatic carbocycles. The summed E-state index contributed by atoms with van der Waals surface area (Å²) in [5.74, 6) is 0.488. The van der Waals surface area contributed by atoms with Gasteiger partial charge in [-0.15, -0.1) is 0 Å². The van der Waals surface area contributed by atoms with Gasteiger partial charge in [0.1, 0.15) is 17.4 Å². The Morgan fingerprint density at radius 1 is 1.21 bits per heavy atom. The molecule has 0 spiro atoms. The lowest BCUT2D eigenvalue weighted by Crippen LogP contribution is -2.36. The Balaban J connectivity index is 1.90. The first-order chi connectivity index (χ1) is 11.7. The number of para-hydroxylation sites is 1. The molecule has 1 amide bonds. The molecule has 1 aliphatic heterocycles. The minimum atomic E-state index is -0.250. The first-order valence-corrected chi connectivity index (χ1v) is 7.88. The molecule has 24 heavy (non-hydrogen) atoms. The summed E-state index contributed by atoms with van der Waals surface area (Å²) in [5.41, 5.74) is 2.99. The molecule has 0 N–H and O–H groups in total. The van der Waals surface area contributed by atoms with Crippen molar-refractivity contribution >= 4 is 17.7 Å². The molecule has 0 saturated heterocycles. The van der Waals surface area contributed by atoms with E-state index in [-0.39, 0.29) is 11.5 Å². The monoisotopic (exact) mass is 318 g/mol. The molecule has 1 aliphatic rings. The van der Waals surface area contributed by atoms with Crippen LogP contribution in [0.2, 0.25) is 0 Å². The maximum Gasteiger partial charge on any atom is 0.268 e. The van der Waals surface area contributed by atoms with E-state index in [9.17, 15) is 10.1 Å². The van der Waals surface area contributed by atoms with Crippen LogP contribution in [0.1, 0.15) is 17.5 Å². The predicted molar refractivity (Wildman–Crippen MR) is 93.7 cm³/mol. The summed E-state index contributed by atoms with van der Waals surface area (Å²) in [7, 11) is 1.60. The number of ether oxygens (including phenoxy) is 1. The predicted octanol–water partition coefficient (Wildman–Crippen LogP) is 3.58. The maximum absolute atomic E-state index is 12.8. The average molecular weight is 318 g/mol. The van der Waals surface area contributed by atoms with Crippen LogP contribution in [-0.2, 0) is 11.2 Å². The van der Waals surface area contributed by atoms with Crippen LogP contribution < -0.4 is 9.64 Å². The van der Waals surface area contributed by atoms with Gasteiger partial charge in [-0.05, 0) is 48.2 Å². The summed E-state index contributed by atoms with van der Waals surface area (Å²) in [4.78, 5) is 14.5. The second-order valence-corrected chi connectivity index (χ2v) is 5.63. The van der Waals surface area contributed by atoms with E-state index in [1.165, 1.54) is 0 Å². The van der Waals surface area contributed by atoms with Crippen molar-refractivity contribution < 1.29 is 9.53 Å². The van der Waals surface area contributed by atoms with Gasteiger partial charge in [-0.1, -0.05) is 30.3 Å². The fourth-order valence-electron chi connectivity index (χ4n) is 2.90. The lowest BCUT2D eigenvalue weighted by Gasteiger charge is -2.29. The topological polar surface area (TPSA) is 53.3 Å². The highest BCUT2D eigenvalue weighted by Gasteiger charge is 2.24. The molecule has 0 saturated carbocycles. The molecular weight excluding hydrogens is 300 g/mol. The maximum atomic E-state index is 12.8. The lowest BCUT2D eigenvalue weighted by molar-refractivity contribution is -0.114. The number of hydrogen-bond acceptors (Lipinski definition) is 3.